The van der Waals surface area contributed by atoms with E-state index in [9.17, 15) is 4.79 Å². The van der Waals surface area contributed by atoms with Crippen LogP contribution in [0.2, 0.25) is 0 Å². The van der Waals surface area contributed by atoms with Crippen LogP contribution in [0.1, 0.15) is 28.4 Å². The summed E-state index contributed by atoms with van der Waals surface area (Å²) >= 11 is 0. The Kier molecular flexibility index (Phi) is 5.44. The first-order valence-corrected chi connectivity index (χ1v) is 11.2. The molecule has 0 radical (unpaired) electrons. The molecule has 0 saturated heterocycles. The zero-order chi connectivity index (χ0) is 24.7. The average molecular weight is 467 g/mol. The molecule has 3 heterocycles. The van der Waals surface area contributed by atoms with Gasteiger partial charge in [0.2, 0.25) is 0 Å². The number of para-hydroxylation sites is 1. The summed E-state index contributed by atoms with van der Waals surface area (Å²) in [6.45, 7) is 4.27. The van der Waals surface area contributed by atoms with Crippen molar-refractivity contribution in [3.63, 3.8) is 0 Å². The van der Waals surface area contributed by atoms with E-state index >= 15 is 0 Å². The number of allylic oxidation sites excluding steroid dienone is 1. The van der Waals surface area contributed by atoms with E-state index in [0.29, 0.717) is 23.6 Å². The molecular formula is C26H26N8O. The maximum atomic E-state index is 13.2. The molecule has 6 N–H and O–H groups in total. The summed E-state index contributed by atoms with van der Waals surface area (Å²) in [5.41, 5.74) is 19.3. The third kappa shape index (κ3) is 3.86. The monoisotopic (exact) mass is 466 g/mol. The maximum absolute atomic E-state index is 13.2. The number of rotatable bonds is 5. The fourth-order valence-electron chi connectivity index (χ4n) is 4.31. The van der Waals surface area contributed by atoms with E-state index in [1.807, 2.05) is 63.5 Å². The molecule has 1 aliphatic heterocycles. The average Bonchev–Trinajstić information content (AvgIpc) is 3.42. The van der Waals surface area contributed by atoms with Crippen molar-refractivity contribution >= 4 is 40.0 Å². The number of amidine groups is 1. The number of nitrogens with two attached hydrogens (primary N) is 2. The van der Waals surface area contributed by atoms with E-state index < -0.39 is 0 Å². The predicted octanol–water partition coefficient (Wildman–Crippen LogP) is 3.79. The Hall–Kier alpha value is -4.66. The van der Waals surface area contributed by atoms with E-state index in [-0.39, 0.29) is 11.9 Å². The van der Waals surface area contributed by atoms with E-state index in [4.69, 9.17) is 11.5 Å². The normalized spacial score (nSPS) is 14.0. The van der Waals surface area contributed by atoms with Gasteiger partial charge in [-0.15, -0.1) is 0 Å². The molecule has 2 aromatic carbocycles. The molecule has 0 atom stereocenters. The van der Waals surface area contributed by atoms with Crippen molar-refractivity contribution in [2.24, 2.45) is 10.7 Å². The number of carbonyl (C=O) groups is 1. The molecule has 0 bridgehead atoms. The van der Waals surface area contributed by atoms with Gasteiger partial charge in [-0.1, -0.05) is 18.2 Å². The lowest BCUT2D eigenvalue weighted by molar-refractivity contribution is 0.0997. The topological polar surface area (TPSA) is 138 Å². The highest BCUT2D eigenvalue weighted by atomic mass is 16.2. The van der Waals surface area contributed by atoms with E-state index in [0.717, 1.165) is 44.7 Å². The number of aliphatic imine (C=N–C) groups is 1. The molecular weight excluding hydrogens is 440 g/mol. The number of carbonyl (C=O) groups excluding carboxylic acids is 1. The molecule has 2 aromatic heterocycles. The second-order valence-electron chi connectivity index (χ2n) is 8.48. The molecule has 1 aliphatic rings. The number of fused-ring (bicyclic) bond motifs is 2. The quantitative estimate of drug-likeness (QED) is 0.201. The number of aryl methyl sites for hydroxylation is 1. The number of hydrogen-bond donors (Lipinski definition) is 4. The molecule has 4 aromatic rings. The Morgan fingerprint density at radius 2 is 2.03 bits per heavy atom. The zero-order valence-electron chi connectivity index (χ0n) is 19.8. The second-order valence-corrected chi connectivity index (χ2v) is 8.48. The summed E-state index contributed by atoms with van der Waals surface area (Å²) in [5, 5.41) is 3.95. The first kappa shape index (κ1) is 22.1. The number of nitrogens with zero attached hydrogens (tertiary/aromatic N) is 4. The van der Waals surface area contributed by atoms with Crippen molar-refractivity contribution in [3.05, 3.63) is 77.3 Å². The van der Waals surface area contributed by atoms with Gasteiger partial charge in [-0.25, -0.2) is 9.97 Å². The molecule has 0 unspecified atom stereocenters. The Bertz CT molecular complexity index is 1530. The highest BCUT2D eigenvalue weighted by Crippen LogP contribution is 2.38. The Balaban J connectivity index is 1.56. The highest BCUT2D eigenvalue weighted by molar-refractivity contribution is 6.15. The van der Waals surface area contributed by atoms with Crippen molar-refractivity contribution < 1.29 is 4.79 Å². The molecule has 35 heavy (non-hydrogen) atoms. The molecule has 5 rings (SSSR count). The van der Waals surface area contributed by atoms with Gasteiger partial charge in [0.15, 0.2) is 0 Å². The summed E-state index contributed by atoms with van der Waals surface area (Å²) in [5.74, 6) is 0.514. The highest BCUT2D eigenvalue weighted by Gasteiger charge is 2.31. The van der Waals surface area contributed by atoms with E-state index in [2.05, 4.69) is 25.3 Å². The van der Waals surface area contributed by atoms with Crippen LogP contribution in [0.5, 0.6) is 0 Å². The van der Waals surface area contributed by atoms with Crippen molar-refractivity contribution in [2.75, 3.05) is 17.7 Å². The minimum absolute atomic E-state index is 0.0637. The van der Waals surface area contributed by atoms with Gasteiger partial charge in [0, 0.05) is 52.9 Å². The van der Waals surface area contributed by atoms with Crippen LogP contribution in [-0.4, -0.2) is 33.7 Å². The van der Waals surface area contributed by atoms with Crippen LogP contribution in [0.25, 0.3) is 22.2 Å². The maximum Gasteiger partial charge on any atom is 0.259 e. The molecule has 176 valence electrons. The molecule has 9 heteroatoms. The van der Waals surface area contributed by atoms with Gasteiger partial charge in [0.1, 0.15) is 5.84 Å². The van der Waals surface area contributed by atoms with Crippen LogP contribution in [0.15, 0.2) is 65.6 Å². The number of H-pyrrole nitrogens is 1. The third-order valence-corrected chi connectivity index (χ3v) is 6.19. The predicted molar refractivity (Wildman–Crippen MR) is 140 cm³/mol. The Labute approximate surface area is 202 Å². The summed E-state index contributed by atoms with van der Waals surface area (Å²) in [6.07, 6.45) is 5.35. The number of hydrogen-bond acceptors (Lipinski definition) is 6. The van der Waals surface area contributed by atoms with Crippen LogP contribution in [0, 0.1) is 6.92 Å². The standard InChI is InChI=1S/C26H26N8O/c1-14-11-31-26(32-22(28)10-15(2)29-3)33-23(14)18-12-30-24-16(18)6-5-9-21(24)34-13-19-17(25(34)35)7-4-8-20(19)27/h4-12,29-30H,13,27H2,1-3H3,(H2,28,31,32,33)/b15-10-. The molecule has 0 aliphatic carbocycles. The van der Waals surface area contributed by atoms with Gasteiger partial charge in [0.25, 0.3) is 11.9 Å². The number of anilines is 2. The molecule has 0 fully saturated rings. The first-order chi connectivity index (χ1) is 16.9. The molecule has 1 amide bonds. The SMILES string of the molecule is CN/C(C)=C\C(N)=N/c1ncc(C)c(-c2c[nH]c3c(N4Cc5c(N)cccc5C4=O)cccc23)n1. The molecule has 0 saturated carbocycles. The second kappa shape index (κ2) is 8.60. The van der Waals surface area contributed by atoms with E-state index in [1.54, 1.807) is 17.2 Å². The molecule has 0 spiro atoms. The van der Waals surface area contributed by atoms with Gasteiger partial charge >= 0.3 is 0 Å². The largest absolute Gasteiger partial charge is 0.398 e. The summed E-state index contributed by atoms with van der Waals surface area (Å²) in [6, 6.07) is 11.3. The van der Waals surface area contributed by atoms with Crippen LogP contribution in [0.4, 0.5) is 17.3 Å². The minimum Gasteiger partial charge on any atom is -0.398 e. The number of aromatic amines is 1. The minimum atomic E-state index is -0.0637. The van der Waals surface area contributed by atoms with Crippen LogP contribution < -0.4 is 21.7 Å². The fraction of sp³-hybridized carbons (Fsp3) is 0.154. The van der Waals surface area contributed by atoms with E-state index in [1.165, 1.54) is 0 Å². The lowest BCUT2D eigenvalue weighted by Crippen LogP contribution is -2.23. The van der Waals surface area contributed by atoms with Crippen molar-refractivity contribution in [2.45, 2.75) is 20.4 Å². The number of nitrogen functional groups attached to an aromatic ring is 1. The van der Waals surface area contributed by atoms with Gasteiger partial charge < -0.3 is 26.7 Å². The number of benzene rings is 2. The summed E-state index contributed by atoms with van der Waals surface area (Å²) in [4.78, 5) is 31.6. The van der Waals surface area contributed by atoms with Crippen molar-refractivity contribution in [1.29, 1.82) is 0 Å². The molecule has 9 nitrogen and oxygen atoms in total. The Morgan fingerprint density at radius 3 is 2.80 bits per heavy atom. The lowest BCUT2D eigenvalue weighted by atomic mass is 10.1. The summed E-state index contributed by atoms with van der Waals surface area (Å²) in [7, 11) is 1.81. The van der Waals surface area contributed by atoms with Gasteiger partial charge in [-0.3, -0.25) is 4.79 Å². The third-order valence-electron chi connectivity index (χ3n) is 6.19. The van der Waals surface area contributed by atoms with Gasteiger partial charge in [-0.05, 0) is 43.7 Å². The number of amides is 1. The lowest BCUT2D eigenvalue weighted by Gasteiger charge is -2.17. The van der Waals surface area contributed by atoms with Gasteiger partial charge in [0.05, 0.1) is 23.4 Å². The first-order valence-electron chi connectivity index (χ1n) is 11.2. The van der Waals surface area contributed by atoms with Crippen LogP contribution >= 0.6 is 0 Å². The Morgan fingerprint density at radius 1 is 1.23 bits per heavy atom. The number of nitrogens with one attached hydrogen (secondary N) is 2. The smallest absolute Gasteiger partial charge is 0.259 e. The van der Waals surface area contributed by atoms with Crippen molar-refractivity contribution in [1.82, 2.24) is 20.3 Å². The van der Waals surface area contributed by atoms with Crippen LogP contribution in [-0.2, 0) is 6.54 Å². The summed E-state index contributed by atoms with van der Waals surface area (Å²) < 4.78 is 0. The van der Waals surface area contributed by atoms with Crippen LogP contribution in [0.3, 0.4) is 0 Å². The fourth-order valence-corrected chi connectivity index (χ4v) is 4.31. The zero-order valence-corrected chi connectivity index (χ0v) is 19.8. The van der Waals surface area contributed by atoms with Crippen molar-refractivity contribution in [3.8, 4) is 11.3 Å². The van der Waals surface area contributed by atoms with Gasteiger partial charge in [-0.2, -0.15) is 4.99 Å². The number of aromatic nitrogens is 3.